The number of aromatic hydroxyl groups is 3. The zero-order valence-corrected chi connectivity index (χ0v) is 15.6. The van der Waals surface area contributed by atoms with Gasteiger partial charge in [0, 0.05) is 27.1 Å². The lowest BCUT2D eigenvalue weighted by atomic mass is 9.90. The van der Waals surface area contributed by atoms with Crippen LogP contribution in [0.15, 0.2) is 43.4 Å². The predicted molar refractivity (Wildman–Crippen MR) is 110 cm³/mol. The molecule has 0 heterocycles. The third kappa shape index (κ3) is 2.30. The van der Waals surface area contributed by atoms with Crippen molar-refractivity contribution >= 4 is 32.3 Å². The van der Waals surface area contributed by atoms with Crippen molar-refractivity contribution < 1.29 is 15.3 Å². The van der Waals surface area contributed by atoms with Gasteiger partial charge >= 0.3 is 0 Å². The van der Waals surface area contributed by atoms with E-state index in [1.807, 2.05) is 0 Å². The van der Waals surface area contributed by atoms with Crippen LogP contribution in [0.25, 0.3) is 32.3 Å². The average molecular weight is 392 g/mol. The van der Waals surface area contributed by atoms with Gasteiger partial charge in [-0.2, -0.15) is 0 Å². The van der Waals surface area contributed by atoms with Gasteiger partial charge in [-0.05, 0) is 24.5 Å². The van der Waals surface area contributed by atoms with Crippen LogP contribution >= 0.6 is 0 Å². The van der Waals surface area contributed by atoms with E-state index in [9.17, 15) is 34.5 Å². The fourth-order valence-corrected chi connectivity index (χ4v) is 3.93. The number of phenolic OH excluding ortho intramolecular Hbond substituents is 3. The lowest BCUT2D eigenvalue weighted by molar-refractivity contribution is 0.464. The van der Waals surface area contributed by atoms with Crippen LogP contribution in [0, 0.1) is 0 Å². The maximum absolute atomic E-state index is 13.1. The lowest BCUT2D eigenvalue weighted by Gasteiger charge is -2.13. The normalized spacial score (nSPS) is 12.8. The quantitative estimate of drug-likeness (QED) is 0.271. The third-order valence-electron chi connectivity index (χ3n) is 5.57. The van der Waals surface area contributed by atoms with Crippen molar-refractivity contribution in [1.82, 2.24) is 0 Å². The molecule has 0 aliphatic heterocycles. The summed E-state index contributed by atoms with van der Waals surface area (Å²) in [5, 5.41) is 29.3. The zero-order chi connectivity index (χ0) is 21.2. The van der Waals surface area contributed by atoms with Crippen molar-refractivity contribution in [2.75, 3.05) is 0 Å². The van der Waals surface area contributed by atoms with Crippen molar-refractivity contribution in [3.63, 3.8) is 0 Å². The summed E-state index contributed by atoms with van der Waals surface area (Å²) in [5.41, 5.74) is -3.69. The fraction of sp³-hybridized carbons (Fsp3) is 0.182. The van der Waals surface area contributed by atoms with Gasteiger partial charge in [-0.25, -0.2) is 0 Å². The predicted octanol–water partition coefficient (Wildman–Crippen LogP) is 2.09. The van der Waals surface area contributed by atoms with Gasteiger partial charge in [-0.3, -0.25) is 19.2 Å². The summed E-state index contributed by atoms with van der Waals surface area (Å²) < 4.78 is 0. The topological polar surface area (TPSA) is 129 Å². The molecule has 7 nitrogen and oxygen atoms in total. The maximum Gasteiger partial charge on any atom is 0.234 e. The molecular formula is C22H16O7. The van der Waals surface area contributed by atoms with E-state index in [2.05, 4.69) is 0 Å². The third-order valence-corrected chi connectivity index (χ3v) is 5.57. The van der Waals surface area contributed by atoms with E-state index < -0.39 is 61.0 Å². The minimum Gasteiger partial charge on any atom is -0.507 e. The van der Waals surface area contributed by atoms with Crippen LogP contribution in [0.5, 0.6) is 17.2 Å². The summed E-state index contributed by atoms with van der Waals surface area (Å²) in [7, 11) is 0. The highest BCUT2D eigenvalue weighted by Gasteiger charge is 2.26. The van der Waals surface area contributed by atoms with Crippen molar-refractivity contribution in [2.45, 2.75) is 26.2 Å². The molecule has 0 spiro atoms. The molecule has 0 amide bonds. The van der Waals surface area contributed by atoms with E-state index in [-0.39, 0.29) is 21.7 Å². The van der Waals surface area contributed by atoms with Gasteiger partial charge in [0.25, 0.3) is 0 Å². The minimum atomic E-state index is -1.02. The second kappa shape index (κ2) is 6.13. The molecular weight excluding hydrogens is 376 g/mol. The van der Waals surface area contributed by atoms with Crippen molar-refractivity contribution in [1.29, 1.82) is 0 Å². The Morgan fingerprint density at radius 1 is 0.759 bits per heavy atom. The number of fused-ring (bicyclic) bond motifs is 4. The Kier molecular flexibility index (Phi) is 3.94. The molecule has 0 aromatic heterocycles. The smallest absolute Gasteiger partial charge is 0.234 e. The summed E-state index contributed by atoms with van der Waals surface area (Å²) in [4.78, 5) is 51.7. The number of hydrogen-bond acceptors (Lipinski definition) is 7. The molecule has 0 bridgehead atoms. The van der Waals surface area contributed by atoms with Crippen LogP contribution in [-0.2, 0) is 0 Å². The Morgan fingerprint density at radius 3 is 2.10 bits per heavy atom. The lowest BCUT2D eigenvalue weighted by Crippen LogP contribution is -2.30. The van der Waals surface area contributed by atoms with Crippen LogP contribution in [0.4, 0.5) is 0 Å². The number of phenols is 3. The first-order valence-corrected chi connectivity index (χ1v) is 9.04. The molecule has 3 N–H and O–H groups in total. The van der Waals surface area contributed by atoms with Crippen LogP contribution in [-0.4, -0.2) is 15.3 Å². The molecule has 4 rings (SSSR count). The first-order chi connectivity index (χ1) is 13.7. The molecule has 0 saturated carbocycles. The largest absolute Gasteiger partial charge is 0.507 e. The molecule has 4 aromatic rings. The van der Waals surface area contributed by atoms with E-state index in [1.54, 1.807) is 13.8 Å². The van der Waals surface area contributed by atoms with Gasteiger partial charge < -0.3 is 15.3 Å². The molecule has 0 aliphatic carbocycles. The molecule has 0 aliphatic rings. The van der Waals surface area contributed by atoms with Gasteiger partial charge in [0.2, 0.25) is 16.3 Å². The Hall–Kier alpha value is -3.74. The van der Waals surface area contributed by atoms with Gasteiger partial charge in [0.1, 0.15) is 17.2 Å². The highest BCUT2D eigenvalue weighted by molar-refractivity contribution is 6.16. The van der Waals surface area contributed by atoms with E-state index in [0.29, 0.717) is 6.42 Å². The van der Waals surface area contributed by atoms with E-state index in [4.69, 9.17) is 0 Å². The van der Waals surface area contributed by atoms with Gasteiger partial charge in [0.05, 0.1) is 10.8 Å². The molecule has 4 aromatic carbocycles. The monoisotopic (exact) mass is 392 g/mol. The molecule has 0 saturated heterocycles. The molecule has 1 atom stereocenters. The van der Waals surface area contributed by atoms with Crippen LogP contribution in [0.2, 0.25) is 0 Å². The first kappa shape index (κ1) is 18.6. The summed E-state index contributed by atoms with van der Waals surface area (Å²) >= 11 is 0. The molecule has 0 unspecified atom stereocenters. The highest BCUT2D eigenvalue weighted by Crippen LogP contribution is 2.36. The van der Waals surface area contributed by atoms with Gasteiger partial charge in [0.15, 0.2) is 5.43 Å². The standard InChI is InChI=1S/C22H16O7/c1-3-8(2)13-19(26)10-7-12(24)16-17(15(10)22(29)21(13)28)18(25)9-5-4-6-11(23)14(9)20(16)27/h4-8,23-24,26H,3H2,1-2H3/t8-/m0/s1. The molecule has 7 heteroatoms. The molecule has 0 radical (unpaired) electrons. The summed E-state index contributed by atoms with van der Waals surface area (Å²) in [6, 6.07) is 4.91. The summed E-state index contributed by atoms with van der Waals surface area (Å²) in [6.45, 7) is 3.46. The summed E-state index contributed by atoms with van der Waals surface area (Å²) in [6.07, 6.45) is 0.481. The Morgan fingerprint density at radius 2 is 1.45 bits per heavy atom. The van der Waals surface area contributed by atoms with Crippen molar-refractivity contribution in [3.05, 3.63) is 70.7 Å². The average Bonchev–Trinajstić information content (AvgIpc) is 2.69. The van der Waals surface area contributed by atoms with Crippen LogP contribution in [0.3, 0.4) is 0 Å². The number of hydrogen-bond donors (Lipinski definition) is 3. The Labute approximate surface area is 162 Å². The van der Waals surface area contributed by atoms with Crippen molar-refractivity contribution in [3.8, 4) is 17.2 Å². The van der Waals surface area contributed by atoms with E-state index in [0.717, 1.165) is 6.07 Å². The second-order valence-electron chi connectivity index (χ2n) is 7.16. The molecule has 0 fully saturated rings. The van der Waals surface area contributed by atoms with Crippen LogP contribution < -0.4 is 21.7 Å². The summed E-state index contributed by atoms with van der Waals surface area (Å²) in [5.74, 6) is -1.97. The Balaban J connectivity index is 2.44. The maximum atomic E-state index is 13.1. The molecule has 29 heavy (non-hydrogen) atoms. The number of benzene rings is 4. The SMILES string of the molecule is CC[C@H](C)c1c(O)c2cc(O)c3c(=O)c4c(O)cccc4c(=O)c3c2c(=O)c1=O. The van der Waals surface area contributed by atoms with E-state index in [1.165, 1.54) is 18.2 Å². The van der Waals surface area contributed by atoms with Crippen LogP contribution in [0.1, 0.15) is 31.7 Å². The van der Waals surface area contributed by atoms with Gasteiger partial charge in [-0.1, -0.05) is 26.0 Å². The fourth-order valence-electron chi connectivity index (χ4n) is 3.93. The Bertz CT molecular complexity index is 1560. The first-order valence-electron chi connectivity index (χ1n) is 9.04. The second-order valence-corrected chi connectivity index (χ2v) is 7.16. The van der Waals surface area contributed by atoms with Crippen molar-refractivity contribution in [2.24, 2.45) is 0 Å². The zero-order valence-electron chi connectivity index (χ0n) is 15.6. The van der Waals surface area contributed by atoms with E-state index >= 15 is 0 Å². The van der Waals surface area contributed by atoms with Gasteiger partial charge in [-0.15, -0.1) is 0 Å². The minimum absolute atomic E-state index is 0.0861. The highest BCUT2D eigenvalue weighted by atomic mass is 16.3. The number of rotatable bonds is 2. The molecule has 146 valence electrons.